The Labute approximate surface area is 68.4 Å². The van der Waals surface area contributed by atoms with E-state index >= 15 is 0 Å². The van der Waals surface area contributed by atoms with Crippen LogP contribution in [0.4, 0.5) is 0 Å². The van der Waals surface area contributed by atoms with Crippen molar-refractivity contribution in [2.24, 2.45) is 0 Å². The summed E-state index contributed by atoms with van der Waals surface area (Å²) in [7, 11) is 0. The molecule has 0 aromatic carbocycles. The van der Waals surface area contributed by atoms with Crippen LogP contribution < -0.4 is 5.32 Å². The van der Waals surface area contributed by atoms with Crippen LogP contribution in [0.25, 0.3) is 0 Å². The lowest BCUT2D eigenvalue weighted by molar-refractivity contribution is 0.111. The zero-order chi connectivity index (χ0) is 9.07. The van der Waals surface area contributed by atoms with Gasteiger partial charge in [-0.3, -0.25) is 0 Å². The molecule has 0 saturated carbocycles. The van der Waals surface area contributed by atoms with Crippen LogP contribution in [-0.4, -0.2) is 34.5 Å². The van der Waals surface area contributed by atoms with Crippen LogP contribution in [0.15, 0.2) is 0 Å². The van der Waals surface area contributed by atoms with Crippen molar-refractivity contribution < 1.29 is 10.2 Å². The first-order valence-electron chi connectivity index (χ1n) is 3.95. The SMILES string of the molecule is CC(O)C(C)NC(C)(C)CO. The molecule has 0 aliphatic carbocycles. The molecule has 0 saturated heterocycles. The van der Waals surface area contributed by atoms with E-state index in [2.05, 4.69) is 5.32 Å². The first kappa shape index (κ1) is 10.9. The zero-order valence-corrected chi connectivity index (χ0v) is 7.76. The molecule has 0 rings (SSSR count). The summed E-state index contributed by atoms with van der Waals surface area (Å²) in [5.41, 5.74) is -0.309. The fourth-order valence-corrected chi connectivity index (χ4v) is 0.783. The lowest BCUT2D eigenvalue weighted by Crippen LogP contribution is -2.50. The third kappa shape index (κ3) is 4.35. The second-order valence-electron chi connectivity index (χ2n) is 3.72. The number of hydrogen-bond acceptors (Lipinski definition) is 3. The summed E-state index contributed by atoms with van der Waals surface area (Å²) >= 11 is 0. The topological polar surface area (TPSA) is 52.5 Å². The van der Waals surface area contributed by atoms with Gasteiger partial charge in [-0.2, -0.15) is 0 Å². The van der Waals surface area contributed by atoms with Gasteiger partial charge < -0.3 is 15.5 Å². The van der Waals surface area contributed by atoms with E-state index in [0.717, 1.165) is 0 Å². The molecular weight excluding hydrogens is 142 g/mol. The van der Waals surface area contributed by atoms with E-state index in [4.69, 9.17) is 10.2 Å². The van der Waals surface area contributed by atoms with Crippen LogP contribution in [0.3, 0.4) is 0 Å². The van der Waals surface area contributed by atoms with Crippen molar-refractivity contribution in [2.75, 3.05) is 6.61 Å². The summed E-state index contributed by atoms with van der Waals surface area (Å²) in [6, 6.07) is 0.0112. The van der Waals surface area contributed by atoms with E-state index in [1.54, 1.807) is 6.92 Å². The lowest BCUT2D eigenvalue weighted by atomic mass is 10.0. The van der Waals surface area contributed by atoms with Crippen LogP contribution in [0.5, 0.6) is 0 Å². The highest BCUT2D eigenvalue weighted by molar-refractivity contribution is 4.81. The summed E-state index contributed by atoms with van der Waals surface area (Å²) in [6.45, 7) is 7.48. The first-order valence-corrected chi connectivity index (χ1v) is 3.95. The van der Waals surface area contributed by atoms with Crippen LogP contribution in [0.1, 0.15) is 27.7 Å². The van der Waals surface area contributed by atoms with Gasteiger partial charge in [0.15, 0.2) is 0 Å². The molecule has 0 spiro atoms. The Balaban J connectivity index is 3.83. The second-order valence-corrected chi connectivity index (χ2v) is 3.72. The fraction of sp³-hybridized carbons (Fsp3) is 1.00. The molecule has 68 valence electrons. The number of rotatable bonds is 4. The average Bonchev–Trinajstić information content (AvgIpc) is 1.87. The van der Waals surface area contributed by atoms with Gasteiger partial charge in [0.1, 0.15) is 0 Å². The van der Waals surface area contributed by atoms with Crippen LogP contribution in [0, 0.1) is 0 Å². The molecule has 0 heterocycles. The minimum absolute atomic E-state index is 0.0112. The summed E-state index contributed by atoms with van der Waals surface area (Å²) in [5.74, 6) is 0. The minimum Gasteiger partial charge on any atom is -0.394 e. The molecular formula is C8H19NO2. The number of aliphatic hydroxyl groups excluding tert-OH is 2. The van der Waals surface area contributed by atoms with E-state index in [1.807, 2.05) is 20.8 Å². The van der Waals surface area contributed by atoms with Gasteiger partial charge >= 0.3 is 0 Å². The van der Waals surface area contributed by atoms with Crippen molar-refractivity contribution in [1.29, 1.82) is 0 Å². The monoisotopic (exact) mass is 161 g/mol. The normalized spacial score (nSPS) is 18.0. The van der Waals surface area contributed by atoms with E-state index < -0.39 is 0 Å². The Kier molecular flexibility index (Phi) is 4.00. The maximum Gasteiger partial charge on any atom is 0.0662 e. The molecule has 0 fully saturated rings. The lowest BCUT2D eigenvalue weighted by Gasteiger charge is -2.29. The third-order valence-electron chi connectivity index (χ3n) is 1.74. The average molecular weight is 161 g/mol. The van der Waals surface area contributed by atoms with Crippen LogP contribution >= 0.6 is 0 Å². The van der Waals surface area contributed by atoms with Gasteiger partial charge in [-0.25, -0.2) is 0 Å². The fourth-order valence-electron chi connectivity index (χ4n) is 0.783. The molecule has 2 unspecified atom stereocenters. The van der Waals surface area contributed by atoms with Crippen molar-refractivity contribution in [3.05, 3.63) is 0 Å². The van der Waals surface area contributed by atoms with Gasteiger partial charge in [-0.05, 0) is 27.7 Å². The molecule has 0 aromatic rings. The molecule has 0 aliphatic rings. The second kappa shape index (κ2) is 4.04. The highest BCUT2D eigenvalue weighted by atomic mass is 16.3. The maximum atomic E-state index is 9.14. The standard InChI is InChI=1S/C8H19NO2/c1-6(7(2)11)9-8(3,4)5-10/h6-7,9-11H,5H2,1-4H3. The van der Waals surface area contributed by atoms with Gasteiger partial charge in [0, 0.05) is 11.6 Å². The minimum atomic E-state index is -0.388. The van der Waals surface area contributed by atoms with Crippen molar-refractivity contribution in [3.8, 4) is 0 Å². The predicted molar refractivity (Wildman–Crippen MR) is 45.4 cm³/mol. The number of hydrogen-bond donors (Lipinski definition) is 3. The van der Waals surface area contributed by atoms with Crippen molar-refractivity contribution in [2.45, 2.75) is 45.4 Å². The van der Waals surface area contributed by atoms with Crippen molar-refractivity contribution >= 4 is 0 Å². The van der Waals surface area contributed by atoms with E-state index in [9.17, 15) is 0 Å². The predicted octanol–water partition coefficient (Wildman–Crippen LogP) is 0.116. The Morgan fingerprint density at radius 2 is 1.82 bits per heavy atom. The van der Waals surface area contributed by atoms with Gasteiger partial charge in [-0.15, -0.1) is 0 Å². The van der Waals surface area contributed by atoms with Gasteiger partial charge in [0.25, 0.3) is 0 Å². The zero-order valence-electron chi connectivity index (χ0n) is 7.76. The molecule has 0 aliphatic heterocycles. The van der Waals surface area contributed by atoms with Gasteiger partial charge in [-0.1, -0.05) is 0 Å². The van der Waals surface area contributed by atoms with Gasteiger partial charge in [0.2, 0.25) is 0 Å². The van der Waals surface area contributed by atoms with E-state index in [-0.39, 0.29) is 24.3 Å². The Bertz CT molecular complexity index is 113. The number of aliphatic hydroxyl groups is 2. The summed E-state index contributed by atoms with van der Waals surface area (Å²) in [5, 5.41) is 21.1. The Hall–Kier alpha value is -0.120. The van der Waals surface area contributed by atoms with Crippen LogP contribution in [0.2, 0.25) is 0 Å². The molecule has 0 aromatic heterocycles. The molecule has 0 amide bonds. The molecule has 0 bridgehead atoms. The van der Waals surface area contributed by atoms with Crippen molar-refractivity contribution in [3.63, 3.8) is 0 Å². The third-order valence-corrected chi connectivity index (χ3v) is 1.74. The maximum absolute atomic E-state index is 9.14. The summed E-state index contributed by atoms with van der Waals surface area (Å²) < 4.78 is 0. The first-order chi connectivity index (χ1) is 4.89. The highest BCUT2D eigenvalue weighted by Gasteiger charge is 2.20. The van der Waals surface area contributed by atoms with E-state index in [1.165, 1.54) is 0 Å². The molecule has 3 N–H and O–H groups in total. The molecule has 3 nitrogen and oxygen atoms in total. The quantitative estimate of drug-likeness (QED) is 0.549. The van der Waals surface area contributed by atoms with E-state index in [0.29, 0.717) is 0 Å². The smallest absolute Gasteiger partial charge is 0.0662 e. The number of nitrogens with one attached hydrogen (secondary N) is 1. The molecule has 2 atom stereocenters. The largest absolute Gasteiger partial charge is 0.394 e. The molecule has 0 radical (unpaired) electrons. The Morgan fingerprint density at radius 1 is 1.36 bits per heavy atom. The summed E-state index contributed by atoms with van der Waals surface area (Å²) in [4.78, 5) is 0. The van der Waals surface area contributed by atoms with Crippen molar-refractivity contribution in [1.82, 2.24) is 5.32 Å². The molecule has 11 heavy (non-hydrogen) atoms. The van der Waals surface area contributed by atoms with Crippen LogP contribution in [-0.2, 0) is 0 Å². The summed E-state index contributed by atoms with van der Waals surface area (Å²) in [6.07, 6.45) is -0.388. The Morgan fingerprint density at radius 3 is 2.09 bits per heavy atom. The highest BCUT2D eigenvalue weighted by Crippen LogP contribution is 2.03. The van der Waals surface area contributed by atoms with Gasteiger partial charge in [0.05, 0.1) is 12.7 Å². The molecule has 3 heteroatoms.